The normalized spacial score (nSPS) is 10.6. The topological polar surface area (TPSA) is 307 Å². The zero-order valence-corrected chi connectivity index (χ0v) is 43.7. The number of nitrogens with one attached hydrogen (secondary N) is 2. The van der Waals surface area contributed by atoms with E-state index in [9.17, 15) is 14.4 Å². The van der Waals surface area contributed by atoms with Crippen LogP contribution in [0.1, 0.15) is 33.8 Å². The lowest BCUT2D eigenvalue weighted by Crippen LogP contribution is -2.27. The molecule has 9 aromatic rings. The van der Waals surface area contributed by atoms with Gasteiger partial charge in [0.2, 0.25) is 5.96 Å². The van der Waals surface area contributed by atoms with Gasteiger partial charge in [-0.25, -0.2) is 16.4 Å². The summed E-state index contributed by atoms with van der Waals surface area (Å²) in [5.74, 6) is 3.38. The number of pyridine rings is 6. The van der Waals surface area contributed by atoms with E-state index in [1.807, 2.05) is 127 Å². The van der Waals surface area contributed by atoms with Crippen molar-refractivity contribution in [1.29, 1.82) is 10.5 Å². The number of guanidine groups is 1. The van der Waals surface area contributed by atoms with Gasteiger partial charge in [-0.05, 0) is 148 Å². The number of hydrogen-bond acceptors (Lipinski definition) is 14. The average molecular weight is 1060 g/mol. The molecule has 0 aliphatic heterocycles. The van der Waals surface area contributed by atoms with Crippen LogP contribution in [0.5, 0.6) is 0 Å². The highest BCUT2D eigenvalue weighted by molar-refractivity contribution is 9.12. The third-order valence-corrected chi connectivity index (χ3v) is 11.9. The summed E-state index contributed by atoms with van der Waals surface area (Å²) in [7, 11) is 5.30. The molecular formula is C54H55BrN14O5. The largest absolute Gasteiger partial charge is 0.399 e. The van der Waals surface area contributed by atoms with Crippen molar-refractivity contribution >= 4 is 71.7 Å². The minimum Gasteiger partial charge on any atom is -0.399 e. The first-order valence-corrected chi connectivity index (χ1v) is 23.2. The highest BCUT2D eigenvalue weighted by atomic mass is 79.9. The molecule has 378 valence electrons. The van der Waals surface area contributed by atoms with Gasteiger partial charge in [-0.2, -0.15) is 10.5 Å². The van der Waals surface area contributed by atoms with Crippen LogP contribution < -0.4 is 44.8 Å². The van der Waals surface area contributed by atoms with Crippen LogP contribution in [0.2, 0.25) is 0 Å². The fraction of sp³-hybridized carbons (Fsp3) is 0.167. The van der Waals surface area contributed by atoms with Gasteiger partial charge in [-0.15, -0.1) is 0 Å². The number of nitrogens with two attached hydrogens (primary N) is 3. The SMILES string of the molecule is Cc1cc2c(cn1)cc(-c1cc(N)ccc1C)c(=O)n2C.Cc1cc2c(cn1)cc(-c1cc(N=C(N)NO)ccc1C)c(=O)n2C.Cc1cc2c(cn1)cc(-c1cc(NC#N)ccc1C)c(=O)n2C.N#CBr.NO. The van der Waals surface area contributed by atoms with Crippen molar-refractivity contribution in [3.63, 3.8) is 0 Å². The smallest absolute Gasteiger partial charge is 0.258 e. The molecule has 6 heterocycles. The summed E-state index contributed by atoms with van der Waals surface area (Å²) in [6.45, 7) is 11.6. The minimum absolute atomic E-state index is 0.0261. The number of nitrogen functional groups attached to an aromatic ring is 1. The van der Waals surface area contributed by atoms with Crippen LogP contribution in [-0.4, -0.2) is 45.0 Å². The van der Waals surface area contributed by atoms with Crippen molar-refractivity contribution in [3.05, 3.63) is 174 Å². The van der Waals surface area contributed by atoms with Gasteiger partial charge in [0.25, 0.3) is 16.7 Å². The molecule has 9 rings (SSSR count). The van der Waals surface area contributed by atoms with E-state index in [4.69, 9.17) is 32.4 Å². The standard InChI is InChI=1S/C18H19N5O2.C18H16N4O.C17H17N3O.CBrN.H3NO/c1-10-4-5-13(21-18(19)22-25)8-14(10)15-7-12-9-20-11(2)6-16(12)23(3)17(15)24;1-11-4-5-14(21-10-19)8-15(11)16-7-13-9-20-12(2)6-17(13)22(3)18(16)23;1-10-4-5-13(18)8-14(10)15-7-12-9-19-11(2)6-16(12)20(3)17(15)21;2-1-3;1-2/h4-9,25H,1-3H3,(H3,19,21,22);4-9,21H,1-3H3;4-9H,18H2,1-3H3;;2H,1H2. The molecule has 3 aromatic carbocycles. The van der Waals surface area contributed by atoms with Crippen LogP contribution in [-0.2, 0) is 21.1 Å². The maximum absolute atomic E-state index is 12.9. The minimum atomic E-state index is -0.124. The fourth-order valence-corrected chi connectivity index (χ4v) is 8.09. The fourth-order valence-electron chi connectivity index (χ4n) is 8.09. The Kier molecular flexibility index (Phi) is 18.8. The van der Waals surface area contributed by atoms with Gasteiger partial charge >= 0.3 is 0 Å². The van der Waals surface area contributed by atoms with Gasteiger partial charge in [-0.1, -0.05) is 18.2 Å². The maximum Gasteiger partial charge on any atom is 0.258 e. The predicted octanol–water partition coefficient (Wildman–Crippen LogP) is 8.25. The molecule has 0 spiro atoms. The summed E-state index contributed by atoms with van der Waals surface area (Å²) >= 11 is 2.45. The summed E-state index contributed by atoms with van der Waals surface area (Å²) in [6, 6.07) is 27.9. The number of halogens is 1. The molecule has 0 aliphatic rings. The lowest BCUT2D eigenvalue weighted by atomic mass is 9.99. The molecule has 10 N–H and O–H groups in total. The summed E-state index contributed by atoms with van der Waals surface area (Å²) in [6.07, 6.45) is 7.24. The Hall–Kier alpha value is -9.05. The van der Waals surface area contributed by atoms with Crippen LogP contribution in [0.4, 0.5) is 17.1 Å². The van der Waals surface area contributed by atoms with Crippen LogP contribution in [0, 0.1) is 63.2 Å². The number of rotatable bonds is 5. The van der Waals surface area contributed by atoms with Crippen LogP contribution in [0.3, 0.4) is 0 Å². The van der Waals surface area contributed by atoms with Gasteiger partial charge in [0, 0.05) is 117 Å². The van der Waals surface area contributed by atoms with Crippen molar-refractivity contribution in [2.45, 2.75) is 41.5 Å². The quantitative estimate of drug-likeness (QED) is 0.0213. The van der Waals surface area contributed by atoms with Gasteiger partial charge in [-0.3, -0.25) is 39.9 Å². The van der Waals surface area contributed by atoms with Crippen LogP contribution in [0.25, 0.3) is 66.1 Å². The monoisotopic (exact) mass is 1060 g/mol. The second-order valence-electron chi connectivity index (χ2n) is 17.0. The zero-order valence-electron chi connectivity index (χ0n) is 42.1. The van der Waals surface area contributed by atoms with Gasteiger partial charge in [0.1, 0.15) is 4.98 Å². The Balaban J connectivity index is 0.000000197. The second kappa shape index (κ2) is 24.9. The van der Waals surface area contributed by atoms with Gasteiger partial charge < -0.3 is 30.4 Å². The van der Waals surface area contributed by atoms with E-state index in [-0.39, 0.29) is 22.6 Å². The molecule has 0 fully saturated rings. The van der Waals surface area contributed by atoms with Gasteiger partial charge in [0.15, 0.2) is 6.19 Å². The zero-order chi connectivity index (χ0) is 54.6. The Morgan fingerprint density at radius 1 is 0.581 bits per heavy atom. The summed E-state index contributed by atoms with van der Waals surface area (Å²) in [4.78, 5) is 56.8. The van der Waals surface area contributed by atoms with E-state index in [1.54, 1.807) is 76.0 Å². The molecule has 74 heavy (non-hydrogen) atoms. The summed E-state index contributed by atoms with van der Waals surface area (Å²) in [5.41, 5.74) is 27.2. The Morgan fingerprint density at radius 2 is 0.946 bits per heavy atom. The third kappa shape index (κ3) is 12.7. The number of nitriles is 2. The molecule has 0 aliphatic carbocycles. The van der Waals surface area contributed by atoms with E-state index in [0.29, 0.717) is 33.8 Å². The van der Waals surface area contributed by atoms with E-state index in [0.717, 1.165) is 83.2 Å². The molecule has 19 nitrogen and oxygen atoms in total. The Bertz CT molecular complexity index is 3870. The Morgan fingerprint density at radius 3 is 1.34 bits per heavy atom. The molecule has 0 saturated carbocycles. The summed E-state index contributed by atoms with van der Waals surface area (Å²) < 4.78 is 4.93. The number of aliphatic imine (C=N–C) groups is 1. The number of nitrogens with zero attached hydrogens (tertiary/aromatic N) is 9. The van der Waals surface area contributed by atoms with Crippen molar-refractivity contribution in [3.8, 4) is 44.6 Å². The molecule has 0 atom stereocenters. The van der Waals surface area contributed by atoms with Crippen LogP contribution >= 0.6 is 15.9 Å². The first-order chi connectivity index (χ1) is 35.3. The number of hydroxylamine groups is 1. The lowest BCUT2D eigenvalue weighted by Gasteiger charge is -2.12. The van der Waals surface area contributed by atoms with E-state index < -0.39 is 0 Å². The first-order valence-electron chi connectivity index (χ1n) is 22.4. The Labute approximate surface area is 434 Å². The van der Waals surface area contributed by atoms with E-state index >= 15 is 0 Å². The molecule has 6 aromatic heterocycles. The molecule has 20 heteroatoms. The predicted molar refractivity (Wildman–Crippen MR) is 296 cm³/mol. The molecule has 0 amide bonds. The molecular weight excluding hydrogens is 1000 g/mol. The van der Waals surface area contributed by atoms with Crippen LogP contribution in [0.15, 0.2) is 129 Å². The highest BCUT2D eigenvalue weighted by Crippen LogP contribution is 2.30. The molecule has 0 radical (unpaired) electrons. The van der Waals surface area contributed by atoms with Crippen molar-refractivity contribution in [2.75, 3.05) is 11.1 Å². The second-order valence-corrected chi connectivity index (χ2v) is 17.3. The van der Waals surface area contributed by atoms with Crippen molar-refractivity contribution in [2.24, 2.45) is 37.8 Å². The van der Waals surface area contributed by atoms with Gasteiger partial charge in [0.05, 0.1) is 22.2 Å². The maximum atomic E-state index is 12.9. The van der Waals surface area contributed by atoms with E-state index in [2.05, 4.69) is 47.1 Å². The first kappa shape index (κ1) is 55.9. The number of hydrogen-bond donors (Lipinski definition) is 7. The molecule has 0 unspecified atom stereocenters. The summed E-state index contributed by atoms with van der Waals surface area (Å²) in [5, 5.41) is 36.7. The lowest BCUT2D eigenvalue weighted by molar-refractivity contribution is 0.233. The number of fused-ring (bicyclic) bond motifs is 3. The average Bonchev–Trinajstić information content (AvgIpc) is 3.38. The number of anilines is 2. The van der Waals surface area contributed by atoms with Crippen molar-refractivity contribution in [1.82, 2.24) is 34.1 Å². The number of aromatic nitrogens is 6. The number of aryl methyl sites for hydroxylation is 9. The third-order valence-electron chi connectivity index (χ3n) is 11.9. The molecule has 0 saturated heterocycles. The highest BCUT2D eigenvalue weighted by Gasteiger charge is 2.15. The number of benzene rings is 3. The van der Waals surface area contributed by atoms with Crippen molar-refractivity contribution < 1.29 is 10.4 Å². The van der Waals surface area contributed by atoms with E-state index in [1.165, 1.54) is 0 Å². The molecule has 0 bridgehead atoms.